The predicted octanol–water partition coefficient (Wildman–Crippen LogP) is 1.75. The average Bonchev–Trinajstić information content (AvgIpc) is 3.11. The van der Waals surface area contributed by atoms with Crippen molar-refractivity contribution in [1.82, 2.24) is 9.88 Å². The summed E-state index contributed by atoms with van der Waals surface area (Å²) in [5.74, 6) is 0.696. The molecule has 4 nitrogen and oxygen atoms in total. The van der Waals surface area contributed by atoms with E-state index in [4.69, 9.17) is 9.47 Å². The minimum Gasteiger partial charge on any atom is -0.381 e. The van der Waals surface area contributed by atoms with E-state index in [9.17, 15) is 0 Å². The molecule has 2 aliphatic heterocycles. The molecule has 20 heavy (non-hydrogen) atoms. The van der Waals surface area contributed by atoms with Crippen LogP contribution in [0.5, 0.6) is 0 Å². The molecule has 0 bridgehead atoms. The van der Waals surface area contributed by atoms with E-state index in [2.05, 4.69) is 16.0 Å². The summed E-state index contributed by atoms with van der Waals surface area (Å²) >= 11 is 0. The van der Waals surface area contributed by atoms with Crippen LogP contribution in [0.2, 0.25) is 0 Å². The zero-order chi connectivity index (χ0) is 13.8. The Bertz CT molecular complexity index is 406. The second-order valence-electron chi connectivity index (χ2n) is 5.92. The number of ether oxygens (including phenoxy) is 2. The van der Waals surface area contributed by atoms with Gasteiger partial charge in [0.1, 0.15) is 0 Å². The van der Waals surface area contributed by atoms with Gasteiger partial charge in [-0.25, -0.2) is 0 Å². The summed E-state index contributed by atoms with van der Waals surface area (Å²) in [6, 6.07) is 4.65. The Hall–Kier alpha value is -0.970. The lowest BCUT2D eigenvalue weighted by Crippen LogP contribution is -2.40. The van der Waals surface area contributed by atoms with Gasteiger partial charge in [-0.05, 0) is 36.8 Å². The lowest BCUT2D eigenvalue weighted by Gasteiger charge is -2.29. The van der Waals surface area contributed by atoms with Gasteiger partial charge in [0.2, 0.25) is 0 Å². The summed E-state index contributed by atoms with van der Waals surface area (Å²) in [5, 5.41) is 0. The van der Waals surface area contributed by atoms with Crippen LogP contribution in [-0.2, 0) is 15.9 Å². The summed E-state index contributed by atoms with van der Waals surface area (Å²) in [5.41, 5.74) is 1.30. The molecule has 0 amide bonds. The van der Waals surface area contributed by atoms with Gasteiger partial charge in [-0.1, -0.05) is 6.07 Å². The summed E-state index contributed by atoms with van der Waals surface area (Å²) in [6.45, 7) is 4.14. The molecule has 1 aromatic heterocycles. The molecule has 2 aliphatic rings. The molecule has 4 heteroatoms. The molecule has 3 rings (SSSR count). The maximum atomic E-state index is 5.70. The zero-order valence-electron chi connectivity index (χ0n) is 12.2. The highest BCUT2D eigenvalue weighted by atomic mass is 16.5. The van der Waals surface area contributed by atoms with Crippen molar-refractivity contribution in [2.45, 2.75) is 31.4 Å². The molecule has 0 spiro atoms. The van der Waals surface area contributed by atoms with Crippen LogP contribution in [0.25, 0.3) is 0 Å². The second kappa shape index (κ2) is 6.66. The number of nitrogens with zero attached hydrogens (tertiary/aromatic N) is 2. The van der Waals surface area contributed by atoms with Crippen molar-refractivity contribution in [3.63, 3.8) is 0 Å². The van der Waals surface area contributed by atoms with Crippen molar-refractivity contribution >= 4 is 0 Å². The van der Waals surface area contributed by atoms with Crippen molar-refractivity contribution in [3.05, 3.63) is 30.1 Å². The van der Waals surface area contributed by atoms with Crippen molar-refractivity contribution in [3.8, 4) is 0 Å². The molecule has 0 aromatic carbocycles. The molecule has 110 valence electrons. The van der Waals surface area contributed by atoms with Crippen LogP contribution in [-0.4, -0.2) is 55.4 Å². The number of aromatic nitrogens is 1. The minimum atomic E-state index is 0.345. The van der Waals surface area contributed by atoms with Gasteiger partial charge in [-0.3, -0.25) is 9.88 Å². The first kappa shape index (κ1) is 14.0. The standard InChI is InChI=1S/C16H24N2O2/c1-19-16-4-7-18(11-14-5-8-20-12-14)15(16)9-13-3-2-6-17-10-13/h2-3,6,10,14-16H,4-5,7-9,11-12H2,1H3/t14-,15+,16+/m1/s1. The van der Waals surface area contributed by atoms with Crippen LogP contribution >= 0.6 is 0 Å². The molecular formula is C16H24N2O2. The Morgan fingerprint density at radius 3 is 3.10 bits per heavy atom. The van der Waals surface area contributed by atoms with Crippen LogP contribution in [0.15, 0.2) is 24.5 Å². The molecule has 0 radical (unpaired) electrons. The first-order valence-electron chi connectivity index (χ1n) is 7.60. The molecule has 3 heterocycles. The molecule has 1 aromatic rings. The minimum absolute atomic E-state index is 0.345. The second-order valence-corrected chi connectivity index (χ2v) is 5.92. The average molecular weight is 276 g/mol. The highest BCUT2D eigenvalue weighted by Gasteiger charge is 2.35. The van der Waals surface area contributed by atoms with Gasteiger partial charge in [0.15, 0.2) is 0 Å². The molecule has 2 fully saturated rings. The van der Waals surface area contributed by atoms with E-state index in [0.29, 0.717) is 18.1 Å². The molecule has 0 N–H and O–H groups in total. The van der Waals surface area contributed by atoms with E-state index in [-0.39, 0.29) is 0 Å². The topological polar surface area (TPSA) is 34.6 Å². The number of hydrogen-bond acceptors (Lipinski definition) is 4. The highest BCUT2D eigenvalue weighted by Crippen LogP contribution is 2.26. The fourth-order valence-corrected chi connectivity index (χ4v) is 3.47. The summed E-state index contributed by atoms with van der Waals surface area (Å²) in [4.78, 5) is 6.82. The van der Waals surface area contributed by atoms with Crippen molar-refractivity contribution in [2.75, 3.05) is 33.4 Å². The Morgan fingerprint density at radius 2 is 2.40 bits per heavy atom. The third kappa shape index (κ3) is 3.19. The van der Waals surface area contributed by atoms with E-state index in [1.807, 2.05) is 25.6 Å². The van der Waals surface area contributed by atoms with Crippen LogP contribution in [0.3, 0.4) is 0 Å². The van der Waals surface area contributed by atoms with E-state index >= 15 is 0 Å². The van der Waals surface area contributed by atoms with Crippen LogP contribution in [0.4, 0.5) is 0 Å². The summed E-state index contributed by atoms with van der Waals surface area (Å²) < 4.78 is 11.2. The summed E-state index contributed by atoms with van der Waals surface area (Å²) in [6.07, 6.45) is 7.52. The first-order chi connectivity index (χ1) is 9.86. The SMILES string of the molecule is CO[C@H]1CCN(C[C@H]2CCOC2)[C@H]1Cc1cccnc1. The molecule has 0 saturated carbocycles. The molecular weight excluding hydrogens is 252 g/mol. The van der Waals surface area contributed by atoms with Crippen molar-refractivity contribution < 1.29 is 9.47 Å². The quantitative estimate of drug-likeness (QED) is 0.820. The largest absolute Gasteiger partial charge is 0.381 e. The van der Waals surface area contributed by atoms with Gasteiger partial charge in [0, 0.05) is 45.2 Å². The fourth-order valence-electron chi connectivity index (χ4n) is 3.47. The number of pyridine rings is 1. The number of likely N-dealkylation sites (tertiary alicyclic amines) is 1. The number of hydrogen-bond donors (Lipinski definition) is 0. The van der Waals surface area contributed by atoms with Gasteiger partial charge >= 0.3 is 0 Å². The van der Waals surface area contributed by atoms with E-state index in [0.717, 1.165) is 39.1 Å². The van der Waals surface area contributed by atoms with Gasteiger partial charge in [0.25, 0.3) is 0 Å². The van der Waals surface area contributed by atoms with Crippen LogP contribution in [0.1, 0.15) is 18.4 Å². The van der Waals surface area contributed by atoms with E-state index in [1.165, 1.54) is 12.0 Å². The van der Waals surface area contributed by atoms with E-state index in [1.54, 1.807) is 0 Å². The van der Waals surface area contributed by atoms with Crippen LogP contribution < -0.4 is 0 Å². The highest BCUT2D eigenvalue weighted by molar-refractivity contribution is 5.12. The van der Waals surface area contributed by atoms with Crippen molar-refractivity contribution in [1.29, 1.82) is 0 Å². The summed E-state index contributed by atoms with van der Waals surface area (Å²) in [7, 11) is 1.84. The van der Waals surface area contributed by atoms with E-state index < -0.39 is 0 Å². The van der Waals surface area contributed by atoms with Gasteiger partial charge in [-0.15, -0.1) is 0 Å². The Kier molecular flexibility index (Phi) is 4.65. The normalized spacial score (nSPS) is 30.9. The smallest absolute Gasteiger partial charge is 0.0741 e. The molecule has 2 saturated heterocycles. The van der Waals surface area contributed by atoms with Crippen molar-refractivity contribution in [2.24, 2.45) is 5.92 Å². The Morgan fingerprint density at radius 1 is 1.45 bits per heavy atom. The maximum Gasteiger partial charge on any atom is 0.0741 e. The van der Waals surface area contributed by atoms with Gasteiger partial charge in [0.05, 0.1) is 12.7 Å². The third-order valence-corrected chi connectivity index (χ3v) is 4.59. The fraction of sp³-hybridized carbons (Fsp3) is 0.688. The van der Waals surface area contributed by atoms with Gasteiger partial charge < -0.3 is 9.47 Å². The predicted molar refractivity (Wildman–Crippen MR) is 77.6 cm³/mol. The monoisotopic (exact) mass is 276 g/mol. The lowest BCUT2D eigenvalue weighted by molar-refractivity contribution is 0.0604. The lowest BCUT2D eigenvalue weighted by atomic mass is 10.0. The zero-order valence-corrected chi connectivity index (χ0v) is 12.2. The molecule has 0 unspecified atom stereocenters. The Labute approximate surface area is 121 Å². The maximum absolute atomic E-state index is 5.70. The Balaban J connectivity index is 1.65. The third-order valence-electron chi connectivity index (χ3n) is 4.59. The first-order valence-corrected chi connectivity index (χ1v) is 7.60. The number of methoxy groups -OCH3 is 1. The van der Waals surface area contributed by atoms with Crippen LogP contribution in [0, 0.1) is 5.92 Å². The van der Waals surface area contributed by atoms with Gasteiger partial charge in [-0.2, -0.15) is 0 Å². The number of rotatable bonds is 5. The molecule has 3 atom stereocenters. The molecule has 0 aliphatic carbocycles.